The van der Waals surface area contributed by atoms with Crippen molar-refractivity contribution in [2.24, 2.45) is 11.7 Å². The van der Waals surface area contributed by atoms with Crippen molar-refractivity contribution in [3.05, 3.63) is 12.2 Å². The zero-order valence-corrected chi connectivity index (χ0v) is 23.1. The van der Waals surface area contributed by atoms with Crippen LogP contribution in [0, 0.1) is 5.92 Å². The highest BCUT2D eigenvalue weighted by atomic mass is 16.2. The first-order valence-corrected chi connectivity index (χ1v) is 13.4. The van der Waals surface area contributed by atoms with Crippen molar-refractivity contribution in [1.29, 1.82) is 0 Å². The summed E-state index contributed by atoms with van der Waals surface area (Å²) in [7, 11) is 5.08. The third kappa shape index (κ3) is 13.9. The lowest BCUT2D eigenvalue weighted by atomic mass is 10.0. The molecule has 0 bridgehead atoms. The van der Waals surface area contributed by atoms with Gasteiger partial charge in [-0.05, 0) is 31.6 Å². The van der Waals surface area contributed by atoms with E-state index in [1.54, 1.807) is 0 Å². The maximum Gasteiger partial charge on any atom is 0.312 e. The van der Waals surface area contributed by atoms with Crippen LogP contribution in [0.2, 0.25) is 0 Å². The molecule has 7 N–H and O–H groups in total. The van der Waals surface area contributed by atoms with Crippen LogP contribution in [0.3, 0.4) is 0 Å². The molecule has 2 radical (unpaired) electrons. The zero-order valence-electron chi connectivity index (χ0n) is 23.1. The summed E-state index contributed by atoms with van der Waals surface area (Å²) >= 11 is 0. The Balaban J connectivity index is 2.42. The van der Waals surface area contributed by atoms with Gasteiger partial charge in [0.05, 0.1) is 18.3 Å². The number of carbonyl (C=O) groups is 7. The molecule has 0 spiro atoms. The van der Waals surface area contributed by atoms with Crippen LogP contribution in [-0.2, 0) is 28.8 Å². The predicted octanol–water partition coefficient (Wildman–Crippen LogP) is -2.05. The molecular weight excluding hydrogens is 521 g/mol. The summed E-state index contributed by atoms with van der Waals surface area (Å²) in [6.45, 7) is 4.38. The first kappa shape index (κ1) is 34.3. The molecule has 1 rings (SSSR count). The van der Waals surface area contributed by atoms with Crippen LogP contribution in [0.5, 0.6) is 0 Å². The highest BCUT2D eigenvalue weighted by Crippen LogP contribution is 2.08. The van der Waals surface area contributed by atoms with Crippen LogP contribution in [0.1, 0.15) is 52.4 Å². The number of hydrogen-bond donors (Lipinski definition) is 6. The quantitative estimate of drug-likeness (QED) is 0.0552. The van der Waals surface area contributed by atoms with Gasteiger partial charge in [0.15, 0.2) is 7.85 Å². The number of primary amides is 1. The Labute approximate surface area is 235 Å². The summed E-state index contributed by atoms with van der Waals surface area (Å²) < 4.78 is 0. The number of nitrogens with zero attached hydrogens (tertiary/aromatic N) is 1. The first-order chi connectivity index (χ1) is 18.9. The van der Waals surface area contributed by atoms with Crippen molar-refractivity contribution >= 4 is 49.1 Å². The molecule has 14 nitrogen and oxygen atoms in total. The van der Waals surface area contributed by atoms with Gasteiger partial charge in [0, 0.05) is 44.8 Å². The van der Waals surface area contributed by atoms with Crippen molar-refractivity contribution in [2.45, 2.75) is 64.5 Å². The van der Waals surface area contributed by atoms with Gasteiger partial charge < -0.3 is 37.1 Å². The van der Waals surface area contributed by atoms with Gasteiger partial charge in [-0.15, -0.1) is 0 Å². The highest BCUT2D eigenvalue weighted by molar-refractivity contribution is 6.58. The number of nitrogens with two attached hydrogens (primary N) is 1. The predicted molar refractivity (Wildman–Crippen MR) is 146 cm³/mol. The number of rotatable bonds is 20. The second-order valence-electron chi connectivity index (χ2n) is 9.68. The summed E-state index contributed by atoms with van der Waals surface area (Å²) in [5.74, 6) is -1.96. The minimum atomic E-state index is -0.970. The van der Waals surface area contributed by atoms with E-state index >= 15 is 0 Å². The summed E-state index contributed by atoms with van der Waals surface area (Å²) in [6.07, 6.45) is 5.20. The van der Waals surface area contributed by atoms with Gasteiger partial charge in [0.1, 0.15) is 6.04 Å². The number of nitrogens with one attached hydrogen (secondary N) is 5. The molecule has 0 aromatic rings. The molecule has 1 unspecified atom stereocenters. The molecule has 0 aliphatic carbocycles. The molecule has 7 amide bonds. The van der Waals surface area contributed by atoms with Crippen molar-refractivity contribution < 1.29 is 33.6 Å². The van der Waals surface area contributed by atoms with E-state index < -0.39 is 35.6 Å². The summed E-state index contributed by atoms with van der Waals surface area (Å²) in [5, 5.41) is 13.3. The second kappa shape index (κ2) is 18.5. The maximum atomic E-state index is 13.0. The standard InChI is InChI=1S/C25H40BN7O7/c1-16(2)22(24(39)32-17(7-6-11-30-25(27)40)23(38)31-15-18(26)34)29-13-12-28-19(35)8-4-3-5-14-33-20(36)9-10-21(33)37/h9-10,16-17,22,29H,3-8,11-15H2,1-2H3,(H,28,35)(H,31,38)(H,32,39)(H3,27,30,40)/t17-,22?/m0/s1. The molecule has 1 heterocycles. The summed E-state index contributed by atoms with van der Waals surface area (Å²) in [5.41, 5.74) is 4.31. The molecular formula is C25H40BN7O7. The van der Waals surface area contributed by atoms with E-state index in [-0.39, 0.29) is 49.7 Å². The minimum Gasteiger partial charge on any atom is -0.355 e. The molecule has 1 aliphatic heterocycles. The van der Waals surface area contributed by atoms with Crippen molar-refractivity contribution in [3.63, 3.8) is 0 Å². The van der Waals surface area contributed by atoms with E-state index in [0.29, 0.717) is 45.2 Å². The number of urea groups is 1. The first-order valence-electron chi connectivity index (χ1n) is 13.4. The fourth-order valence-electron chi connectivity index (χ4n) is 3.88. The molecule has 0 aromatic carbocycles. The van der Waals surface area contributed by atoms with E-state index in [0.717, 1.165) is 0 Å². The Morgan fingerprint density at radius 1 is 0.875 bits per heavy atom. The van der Waals surface area contributed by atoms with Crippen LogP contribution in [0.15, 0.2) is 12.2 Å². The van der Waals surface area contributed by atoms with Gasteiger partial charge in [-0.3, -0.25) is 28.9 Å². The van der Waals surface area contributed by atoms with E-state index in [2.05, 4.69) is 26.6 Å². The highest BCUT2D eigenvalue weighted by Gasteiger charge is 2.27. The van der Waals surface area contributed by atoms with E-state index in [1.165, 1.54) is 17.1 Å². The lowest BCUT2D eigenvalue weighted by Crippen LogP contribution is -2.55. The van der Waals surface area contributed by atoms with Crippen molar-refractivity contribution in [3.8, 4) is 0 Å². The van der Waals surface area contributed by atoms with Crippen LogP contribution in [0.4, 0.5) is 4.79 Å². The van der Waals surface area contributed by atoms with E-state index in [9.17, 15) is 33.6 Å². The van der Waals surface area contributed by atoms with Gasteiger partial charge in [-0.25, -0.2) is 4.79 Å². The number of unbranched alkanes of at least 4 members (excludes halogenated alkanes) is 2. The molecule has 0 saturated heterocycles. The number of carbonyl (C=O) groups excluding carboxylic acids is 7. The van der Waals surface area contributed by atoms with Gasteiger partial charge in [0.2, 0.25) is 17.7 Å². The molecule has 0 aromatic heterocycles. The molecule has 15 heteroatoms. The number of hydrogen-bond acceptors (Lipinski definition) is 8. The Bertz CT molecular complexity index is 940. The Morgan fingerprint density at radius 2 is 1.55 bits per heavy atom. The molecule has 1 aliphatic rings. The molecule has 40 heavy (non-hydrogen) atoms. The normalized spacial score (nSPS) is 14.1. The van der Waals surface area contributed by atoms with E-state index in [4.69, 9.17) is 13.6 Å². The summed E-state index contributed by atoms with van der Waals surface area (Å²) in [4.78, 5) is 83.7. The van der Waals surface area contributed by atoms with Crippen LogP contribution < -0.4 is 32.3 Å². The van der Waals surface area contributed by atoms with Crippen molar-refractivity contribution in [1.82, 2.24) is 31.5 Å². The molecule has 2 atom stereocenters. The average Bonchev–Trinajstić information content (AvgIpc) is 3.20. The second-order valence-corrected chi connectivity index (χ2v) is 9.68. The topological polar surface area (TPSA) is 209 Å². The molecule has 0 saturated carbocycles. The van der Waals surface area contributed by atoms with Gasteiger partial charge in [0.25, 0.3) is 11.8 Å². The van der Waals surface area contributed by atoms with Gasteiger partial charge >= 0.3 is 6.03 Å². The largest absolute Gasteiger partial charge is 0.355 e. The average molecular weight is 561 g/mol. The SMILES string of the molecule is [B]C(=O)CNC(=O)[C@H](CCCNC(N)=O)NC(=O)C(NCCNC(=O)CCCCCN1C(=O)C=CC1=O)C(C)C. The zero-order chi connectivity index (χ0) is 30.1. The van der Waals surface area contributed by atoms with Crippen molar-refractivity contribution in [2.75, 3.05) is 32.7 Å². The Morgan fingerprint density at radius 3 is 2.15 bits per heavy atom. The third-order valence-electron chi connectivity index (χ3n) is 5.99. The summed E-state index contributed by atoms with van der Waals surface area (Å²) in [6, 6.07) is -2.35. The fraction of sp³-hybridized carbons (Fsp3) is 0.640. The Kier molecular flexibility index (Phi) is 15.9. The maximum absolute atomic E-state index is 13.0. The van der Waals surface area contributed by atoms with Crippen LogP contribution in [0.25, 0.3) is 0 Å². The van der Waals surface area contributed by atoms with Crippen LogP contribution in [-0.4, -0.2) is 98.8 Å². The molecule has 220 valence electrons. The fourth-order valence-corrected chi connectivity index (χ4v) is 3.88. The van der Waals surface area contributed by atoms with Gasteiger partial charge in [-0.1, -0.05) is 20.3 Å². The van der Waals surface area contributed by atoms with Crippen LogP contribution >= 0.6 is 0 Å². The minimum absolute atomic E-state index is 0.147. The van der Waals surface area contributed by atoms with E-state index in [1.807, 2.05) is 13.8 Å². The molecule has 0 fully saturated rings. The Hall–Kier alpha value is -3.75. The monoisotopic (exact) mass is 561 g/mol. The number of amides is 7. The third-order valence-corrected chi connectivity index (χ3v) is 5.99. The lowest BCUT2D eigenvalue weighted by Gasteiger charge is -2.25. The van der Waals surface area contributed by atoms with Gasteiger partial charge in [-0.2, -0.15) is 0 Å². The lowest BCUT2D eigenvalue weighted by molar-refractivity contribution is -0.137. The number of imide groups is 1. The smallest absolute Gasteiger partial charge is 0.312 e.